The van der Waals surface area contributed by atoms with Gasteiger partial charge in [-0.2, -0.15) is 0 Å². The van der Waals surface area contributed by atoms with Gasteiger partial charge in [0.15, 0.2) is 12.4 Å². The van der Waals surface area contributed by atoms with Gasteiger partial charge in [0.2, 0.25) is 0 Å². The molecule has 7 heteroatoms. The first-order valence-electron chi connectivity index (χ1n) is 7.77. The third-order valence-corrected chi connectivity index (χ3v) is 4.15. The molecule has 0 bridgehead atoms. The quantitative estimate of drug-likeness (QED) is 0.525. The van der Waals surface area contributed by atoms with Gasteiger partial charge in [0.25, 0.3) is 5.92 Å². The summed E-state index contributed by atoms with van der Waals surface area (Å²) < 4.78 is 31.8. The molecule has 0 atom stereocenters. The number of esters is 1. The third kappa shape index (κ3) is 5.86. The molecule has 0 aliphatic heterocycles. The summed E-state index contributed by atoms with van der Waals surface area (Å²) in [5.41, 5.74) is 0.424. The van der Waals surface area contributed by atoms with E-state index in [0.717, 1.165) is 15.2 Å². The van der Waals surface area contributed by atoms with Crippen LogP contribution in [0.2, 0.25) is 0 Å². The van der Waals surface area contributed by atoms with E-state index in [4.69, 9.17) is 4.74 Å². The predicted octanol–water partition coefficient (Wildman–Crippen LogP) is 3.96. The highest BCUT2D eigenvalue weighted by Crippen LogP contribution is 2.21. The standard InChI is InChI=1S/C18H18BrF2NO3/c1-2-18(20,21)11-22-9-17(24)25-10-16(23)14-4-3-13-8-15(19)6-5-12(13)7-14/h3-8,22H,2,9-11H2,1H3. The minimum atomic E-state index is -2.86. The summed E-state index contributed by atoms with van der Waals surface area (Å²) in [6.45, 7) is -0.0327. The monoisotopic (exact) mass is 413 g/mol. The lowest BCUT2D eigenvalue weighted by Gasteiger charge is -2.14. The highest BCUT2D eigenvalue weighted by Gasteiger charge is 2.25. The Hall–Kier alpha value is -1.86. The Kier molecular flexibility index (Phi) is 6.61. The fourth-order valence-electron chi connectivity index (χ4n) is 2.14. The number of benzene rings is 2. The lowest BCUT2D eigenvalue weighted by atomic mass is 10.0. The molecule has 0 radical (unpaired) electrons. The van der Waals surface area contributed by atoms with Gasteiger partial charge in [-0.1, -0.05) is 41.1 Å². The van der Waals surface area contributed by atoms with Crippen LogP contribution in [0.3, 0.4) is 0 Å². The summed E-state index contributed by atoms with van der Waals surface area (Å²) in [6.07, 6.45) is -0.313. The molecule has 0 saturated carbocycles. The highest BCUT2D eigenvalue weighted by molar-refractivity contribution is 9.10. The molecule has 1 N–H and O–H groups in total. The van der Waals surface area contributed by atoms with Gasteiger partial charge in [0, 0.05) is 16.5 Å². The lowest BCUT2D eigenvalue weighted by Crippen LogP contribution is -2.36. The average Bonchev–Trinajstić information content (AvgIpc) is 2.59. The van der Waals surface area contributed by atoms with E-state index in [9.17, 15) is 18.4 Å². The first-order valence-corrected chi connectivity index (χ1v) is 8.57. The zero-order valence-corrected chi connectivity index (χ0v) is 15.2. The average molecular weight is 414 g/mol. The fourth-order valence-corrected chi connectivity index (χ4v) is 2.52. The summed E-state index contributed by atoms with van der Waals surface area (Å²) in [7, 11) is 0. The number of carbonyl (C=O) groups excluding carboxylic acids is 2. The van der Waals surface area contributed by atoms with Crippen molar-refractivity contribution in [2.24, 2.45) is 0 Å². The number of ether oxygens (including phenoxy) is 1. The largest absolute Gasteiger partial charge is 0.456 e. The minimum absolute atomic E-state index is 0.313. The van der Waals surface area contributed by atoms with E-state index in [0.29, 0.717) is 5.56 Å². The number of halogens is 3. The van der Waals surface area contributed by atoms with Gasteiger partial charge in [-0.15, -0.1) is 0 Å². The Morgan fingerprint density at radius 1 is 1.16 bits per heavy atom. The Labute approximate surface area is 152 Å². The number of rotatable bonds is 8. The first kappa shape index (κ1) is 19.5. The van der Waals surface area contributed by atoms with E-state index < -0.39 is 25.0 Å². The maximum atomic E-state index is 13.0. The summed E-state index contributed by atoms with van der Waals surface area (Å²) in [5, 5.41) is 4.20. The van der Waals surface area contributed by atoms with Crippen LogP contribution in [0.5, 0.6) is 0 Å². The smallest absolute Gasteiger partial charge is 0.320 e. The van der Waals surface area contributed by atoms with Crippen molar-refractivity contribution in [3.8, 4) is 0 Å². The Morgan fingerprint density at radius 3 is 2.56 bits per heavy atom. The molecule has 0 heterocycles. The number of alkyl halides is 2. The van der Waals surface area contributed by atoms with Crippen LogP contribution in [0.1, 0.15) is 23.7 Å². The SMILES string of the molecule is CCC(F)(F)CNCC(=O)OCC(=O)c1ccc2cc(Br)ccc2c1. The van der Waals surface area contributed by atoms with Crippen molar-refractivity contribution in [1.82, 2.24) is 5.32 Å². The Balaban J connectivity index is 1.85. The van der Waals surface area contributed by atoms with Crippen LogP contribution in [0.15, 0.2) is 40.9 Å². The summed E-state index contributed by atoms with van der Waals surface area (Å²) in [5.74, 6) is -3.96. The molecule has 2 aromatic rings. The summed E-state index contributed by atoms with van der Waals surface area (Å²) in [6, 6.07) is 10.9. The molecule has 0 amide bonds. The lowest BCUT2D eigenvalue weighted by molar-refractivity contribution is -0.141. The molecule has 25 heavy (non-hydrogen) atoms. The van der Waals surface area contributed by atoms with E-state index in [2.05, 4.69) is 21.2 Å². The molecule has 0 aliphatic rings. The van der Waals surface area contributed by atoms with Gasteiger partial charge in [0.05, 0.1) is 13.1 Å². The second-order valence-corrected chi connectivity index (χ2v) is 6.52. The summed E-state index contributed by atoms with van der Waals surface area (Å²) in [4.78, 5) is 23.6. The second-order valence-electron chi connectivity index (χ2n) is 5.60. The molecule has 0 unspecified atom stereocenters. The van der Waals surface area contributed by atoms with Crippen LogP contribution in [-0.4, -0.2) is 37.4 Å². The van der Waals surface area contributed by atoms with E-state index in [1.165, 1.54) is 6.92 Å². The number of hydrogen-bond donors (Lipinski definition) is 1. The number of fused-ring (bicyclic) bond motifs is 1. The molecule has 0 spiro atoms. The topological polar surface area (TPSA) is 55.4 Å². The predicted molar refractivity (Wildman–Crippen MR) is 95.0 cm³/mol. The van der Waals surface area contributed by atoms with Crippen molar-refractivity contribution in [2.75, 3.05) is 19.7 Å². The van der Waals surface area contributed by atoms with Gasteiger partial charge in [0.1, 0.15) is 0 Å². The van der Waals surface area contributed by atoms with Crippen LogP contribution >= 0.6 is 15.9 Å². The molecule has 0 aromatic heterocycles. The maximum absolute atomic E-state index is 13.0. The molecular weight excluding hydrogens is 396 g/mol. The number of Topliss-reactive ketones (excluding diaryl/α,β-unsaturated/α-hetero) is 1. The Bertz CT molecular complexity index is 780. The van der Waals surface area contributed by atoms with Crippen molar-refractivity contribution in [2.45, 2.75) is 19.3 Å². The molecule has 134 valence electrons. The van der Waals surface area contributed by atoms with E-state index in [1.807, 2.05) is 24.3 Å². The van der Waals surface area contributed by atoms with Gasteiger partial charge >= 0.3 is 5.97 Å². The first-order chi connectivity index (χ1) is 11.8. The van der Waals surface area contributed by atoms with Crippen LogP contribution in [0.4, 0.5) is 8.78 Å². The van der Waals surface area contributed by atoms with Crippen LogP contribution in [-0.2, 0) is 9.53 Å². The van der Waals surface area contributed by atoms with Crippen LogP contribution < -0.4 is 5.32 Å². The molecule has 0 aliphatic carbocycles. The molecule has 0 fully saturated rings. The second kappa shape index (κ2) is 8.49. The molecule has 0 saturated heterocycles. The number of carbonyl (C=O) groups is 2. The van der Waals surface area contributed by atoms with Crippen molar-refractivity contribution < 1.29 is 23.1 Å². The summed E-state index contributed by atoms with van der Waals surface area (Å²) >= 11 is 3.38. The zero-order valence-electron chi connectivity index (χ0n) is 13.7. The van der Waals surface area contributed by atoms with Crippen molar-refractivity contribution in [1.29, 1.82) is 0 Å². The molecule has 2 rings (SSSR count). The van der Waals surface area contributed by atoms with E-state index in [-0.39, 0.29) is 18.7 Å². The van der Waals surface area contributed by atoms with Crippen LogP contribution in [0, 0.1) is 0 Å². The van der Waals surface area contributed by atoms with Crippen molar-refractivity contribution in [3.05, 3.63) is 46.4 Å². The van der Waals surface area contributed by atoms with E-state index in [1.54, 1.807) is 12.1 Å². The highest BCUT2D eigenvalue weighted by atomic mass is 79.9. The number of nitrogens with one attached hydrogen (secondary N) is 1. The van der Waals surface area contributed by atoms with Gasteiger partial charge in [-0.25, -0.2) is 8.78 Å². The molecule has 4 nitrogen and oxygen atoms in total. The van der Waals surface area contributed by atoms with Crippen molar-refractivity contribution in [3.63, 3.8) is 0 Å². The minimum Gasteiger partial charge on any atom is -0.456 e. The van der Waals surface area contributed by atoms with Gasteiger partial charge < -0.3 is 10.1 Å². The Morgan fingerprint density at radius 2 is 1.84 bits per heavy atom. The maximum Gasteiger partial charge on any atom is 0.320 e. The number of hydrogen-bond acceptors (Lipinski definition) is 4. The normalized spacial score (nSPS) is 11.5. The number of ketones is 1. The van der Waals surface area contributed by atoms with Gasteiger partial charge in [-0.05, 0) is 29.0 Å². The third-order valence-electron chi connectivity index (χ3n) is 3.66. The zero-order chi connectivity index (χ0) is 18.4. The fraction of sp³-hybridized carbons (Fsp3) is 0.333. The van der Waals surface area contributed by atoms with Crippen LogP contribution in [0.25, 0.3) is 10.8 Å². The van der Waals surface area contributed by atoms with Crippen molar-refractivity contribution >= 4 is 38.5 Å². The molecule has 2 aromatic carbocycles. The molecular formula is C18H18BrF2NO3. The van der Waals surface area contributed by atoms with Gasteiger partial charge in [-0.3, -0.25) is 9.59 Å². The van der Waals surface area contributed by atoms with E-state index >= 15 is 0 Å².